The number of aromatic nitrogens is 3. The van der Waals surface area contributed by atoms with E-state index in [1.807, 2.05) is 6.92 Å². The molecule has 3 aromatic rings. The topological polar surface area (TPSA) is 80.5 Å². The number of alkyl halides is 3. The van der Waals surface area contributed by atoms with Crippen LogP contribution in [0, 0.1) is 18.3 Å². The molecule has 29 heavy (non-hydrogen) atoms. The molecule has 10 heteroatoms. The number of aryl methyl sites for hydroxylation is 1. The Hall–Kier alpha value is -2.70. The minimum absolute atomic E-state index is 0.0680. The lowest BCUT2D eigenvalue weighted by molar-refractivity contribution is -0.137. The van der Waals surface area contributed by atoms with Crippen molar-refractivity contribution >= 4 is 39.8 Å². The predicted octanol–water partition coefficient (Wildman–Crippen LogP) is 4.53. The van der Waals surface area contributed by atoms with Gasteiger partial charge in [-0.1, -0.05) is 29.9 Å². The summed E-state index contributed by atoms with van der Waals surface area (Å²) >= 11 is 11.0. The molecule has 2 N–H and O–H groups in total. The van der Waals surface area contributed by atoms with Crippen molar-refractivity contribution in [2.24, 2.45) is 5.73 Å². The van der Waals surface area contributed by atoms with Crippen LogP contribution >= 0.6 is 23.8 Å². The van der Waals surface area contributed by atoms with Crippen LogP contribution in [0.25, 0.3) is 11.0 Å². The maximum Gasteiger partial charge on any atom is 0.416 e. The van der Waals surface area contributed by atoms with Gasteiger partial charge in [0.25, 0.3) is 0 Å². The van der Waals surface area contributed by atoms with Crippen LogP contribution in [0.3, 0.4) is 0 Å². The third kappa shape index (κ3) is 4.04. The Labute approximate surface area is 174 Å². The summed E-state index contributed by atoms with van der Waals surface area (Å²) in [5.41, 5.74) is 5.56. The van der Waals surface area contributed by atoms with Crippen molar-refractivity contribution in [2.45, 2.75) is 32.0 Å². The third-order valence-corrected chi connectivity index (χ3v) is 5.03. The zero-order valence-corrected chi connectivity index (χ0v) is 17.0. The quantitative estimate of drug-likeness (QED) is 0.606. The van der Waals surface area contributed by atoms with E-state index in [0.717, 1.165) is 17.7 Å². The van der Waals surface area contributed by atoms with E-state index in [9.17, 15) is 18.4 Å². The molecule has 0 radical (unpaired) electrons. The summed E-state index contributed by atoms with van der Waals surface area (Å²) in [5, 5.41) is 19.0. The highest BCUT2D eigenvalue weighted by molar-refractivity contribution is 7.80. The molecule has 1 heterocycles. The van der Waals surface area contributed by atoms with Crippen molar-refractivity contribution in [1.82, 2.24) is 15.0 Å². The van der Waals surface area contributed by atoms with Gasteiger partial charge in [-0.25, -0.2) is 0 Å². The van der Waals surface area contributed by atoms with Gasteiger partial charge < -0.3 is 5.73 Å². The summed E-state index contributed by atoms with van der Waals surface area (Å²) in [7, 11) is 0. The Balaban J connectivity index is 2.14. The van der Waals surface area contributed by atoms with E-state index in [4.69, 9.17) is 29.6 Å². The number of nitriles is 1. The molecule has 0 aliphatic rings. The molecule has 5 nitrogen and oxygen atoms in total. The van der Waals surface area contributed by atoms with E-state index in [0.29, 0.717) is 16.1 Å². The van der Waals surface area contributed by atoms with Gasteiger partial charge >= 0.3 is 6.18 Å². The number of hydrogen-bond donors (Lipinski definition) is 1. The molecular weight excluding hydrogens is 423 g/mol. The lowest BCUT2D eigenvalue weighted by Gasteiger charge is -2.25. The van der Waals surface area contributed by atoms with Gasteiger partial charge in [-0.05, 0) is 49.2 Å². The normalized spacial score (nSPS) is 13.8. The molecule has 1 atom stereocenters. The standard InChI is InChI=1S/C19H15ClF3N5S/c1-10-5-12(20)7-15-16(10)27-28(26-15)9-18(2,8-24)14-6-11(19(21,22)23)3-4-13(14)17(25)29/h3-7H,9H2,1-2H3,(H2,25,29). The Morgan fingerprint density at radius 3 is 2.55 bits per heavy atom. The van der Waals surface area contributed by atoms with E-state index in [-0.39, 0.29) is 22.7 Å². The average Bonchev–Trinajstić information content (AvgIpc) is 3.02. The van der Waals surface area contributed by atoms with E-state index < -0.39 is 17.2 Å². The van der Waals surface area contributed by atoms with E-state index in [1.54, 1.807) is 12.1 Å². The number of halogens is 4. The van der Waals surface area contributed by atoms with Crippen LogP contribution in [-0.2, 0) is 18.1 Å². The lowest BCUT2D eigenvalue weighted by atomic mass is 9.80. The minimum Gasteiger partial charge on any atom is -0.389 e. The smallest absolute Gasteiger partial charge is 0.389 e. The number of hydrogen-bond acceptors (Lipinski definition) is 4. The number of nitrogens with two attached hydrogens (primary N) is 1. The summed E-state index contributed by atoms with van der Waals surface area (Å²) in [6.07, 6.45) is -4.58. The van der Waals surface area contributed by atoms with Crippen LogP contribution in [0.4, 0.5) is 13.2 Å². The number of nitrogens with zero attached hydrogens (tertiary/aromatic N) is 4. The van der Waals surface area contributed by atoms with Crippen LogP contribution in [0.2, 0.25) is 5.02 Å². The molecule has 2 aromatic carbocycles. The molecule has 1 aromatic heterocycles. The summed E-state index contributed by atoms with van der Waals surface area (Å²) in [6.45, 7) is 3.21. The molecular formula is C19H15ClF3N5S. The molecule has 1 unspecified atom stereocenters. The van der Waals surface area contributed by atoms with Crippen molar-refractivity contribution in [1.29, 1.82) is 5.26 Å². The highest BCUT2D eigenvalue weighted by Gasteiger charge is 2.36. The molecule has 0 fully saturated rings. The second kappa shape index (κ2) is 7.28. The first-order chi connectivity index (χ1) is 13.4. The van der Waals surface area contributed by atoms with Gasteiger partial charge in [-0.15, -0.1) is 0 Å². The molecule has 0 bridgehead atoms. The van der Waals surface area contributed by atoms with Gasteiger partial charge in [0.1, 0.15) is 21.4 Å². The largest absolute Gasteiger partial charge is 0.416 e. The molecule has 0 saturated carbocycles. The Morgan fingerprint density at radius 2 is 1.97 bits per heavy atom. The third-order valence-electron chi connectivity index (χ3n) is 4.59. The van der Waals surface area contributed by atoms with Crippen molar-refractivity contribution < 1.29 is 13.2 Å². The number of benzene rings is 2. The van der Waals surface area contributed by atoms with Crippen molar-refractivity contribution in [3.63, 3.8) is 0 Å². The first kappa shape index (κ1) is 21.0. The second-order valence-corrected chi connectivity index (χ2v) is 7.76. The van der Waals surface area contributed by atoms with E-state index >= 15 is 0 Å². The zero-order valence-electron chi connectivity index (χ0n) is 15.4. The van der Waals surface area contributed by atoms with E-state index in [1.165, 1.54) is 17.8 Å². The fourth-order valence-electron chi connectivity index (χ4n) is 3.11. The first-order valence-corrected chi connectivity index (χ1v) is 9.17. The SMILES string of the molecule is Cc1cc(Cl)cc2nn(CC(C)(C#N)c3cc(C(F)(F)F)ccc3C(N)=S)nc12. The van der Waals surface area contributed by atoms with Crippen LogP contribution in [0.1, 0.15) is 29.2 Å². The molecule has 3 rings (SSSR count). The van der Waals surface area contributed by atoms with Gasteiger partial charge in [0.15, 0.2) is 0 Å². The summed E-state index contributed by atoms with van der Waals surface area (Å²) in [5.74, 6) is 0. The molecule has 0 spiro atoms. The molecule has 0 aliphatic heterocycles. The zero-order chi connectivity index (χ0) is 21.6. The van der Waals surface area contributed by atoms with Gasteiger partial charge in [-0.2, -0.15) is 33.4 Å². The Bertz CT molecular complexity index is 1170. The first-order valence-electron chi connectivity index (χ1n) is 8.38. The number of fused-ring (bicyclic) bond motifs is 1. The summed E-state index contributed by atoms with van der Waals surface area (Å²) < 4.78 is 39.8. The lowest BCUT2D eigenvalue weighted by Crippen LogP contribution is -2.31. The fourth-order valence-corrected chi connectivity index (χ4v) is 3.56. The average molecular weight is 438 g/mol. The Kier molecular flexibility index (Phi) is 5.28. The monoisotopic (exact) mass is 437 g/mol. The summed E-state index contributed by atoms with van der Waals surface area (Å²) in [4.78, 5) is 1.18. The van der Waals surface area contributed by atoms with Crippen LogP contribution in [0.5, 0.6) is 0 Å². The molecule has 0 aliphatic carbocycles. The minimum atomic E-state index is -4.58. The predicted molar refractivity (Wildman–Crippen MR) is 108 cm³/mol. The van der Waals surface area contributed by atoms with Gasteiger partial charge in [0.2, 0.25) is 0 Å². The highest BCUT2D eigenvalue weighted by atomic mass is 35.5. The number of rotatable bonds is 4. The van der Waals surface area contributed by atoms with Gasteiger partial charge in [0.05, 0.1) is 18.2 Å². The number of thiocarbonyl (C=S) groups is 1. The van der Waals surface area contributed by atoms with Gasteiger partial charge in [-0.3, -0.25) is 0 Å². The maximum atomic E-state index is 13.3. The van der Waals surface area contributed by atoms with Gasteiger partial charge in [0, 0.05) is 10.6 Å². The molecule has 0 saturated heterocycles. The van der Waals surface area contributed by atoms with Crippen molar-refractivity contribution in [3.8, 4) is 6.07 Å². The van der Waals surface area contributed by atoms with Crippen molar-refractivity contribution in [3.05, 3.63) is 57.6 Å². The second-order valence-electron chi connectivity index (χ2n) is 6.89. The fraction of sp³-hybridized carbons (Fsp3) is 0.263. The van der Waals surface area contributed by atoms with Crippen LogP contribution < -0.4 is 5.73 Å². The van der Waals surface area contributed by atoms with E-state index in [2.05, 4.69) is 16.3 Å². The molecule has 0 amide bonds. The highest BCUT2D eigenvalue weighted by Crippen LogP contribution is 2.35. The van der Waals surface area contributed by atoms with Crippen LogP contribution in [0.15, 0.2) is 30.3 Å². The van der Waals surface area contributed by atoms with Crippen molar-refractivity contribution in [2.75, 3.05) is 0 Å². The van der Waals surface area contributed by atoms with Crippen LogP contribution in [-0.4, -0.2) is 20.0 Å². The summed E-state index contributed by atoms with van der Waals surface area (Å²) in [6, 6.07) is 8.42. The Morgan fingerprint density at radius 1 is 1.28 bits per heavy atom. The molecule has 150 valence electrons. The maximum absolute atomic E-state index is 13.3.